The minimum atomic E-state index is -0.899. The Hall–Kier alpha value is -2.37. The van der Waals surface area contributed by atoms with E-state index in [9.17, 15) is 4.79 Å². The van der Waals surface area contributed by atoms with E-state index in [1.54, 1.807) is 31.0 Å². The lowest BCUT2D eigenvalue weighted by Gasteiger charge is -2.06. The smallest absolute Gasteiger partial charge is 0.316 e. The molecule has 0 fully saturated rings. The molecule has 0 amide bonds. The fraction of sp³-hybridized carbons (Fsp3) is 0.136. The number of benzene rings is 3. The summed E-state index contributed by atoms with van der Waals surface area (Å²) in [6, 6.07) is 28.1. The Bertz CT molecular complexity index is 768. The fourth-order valence-electron chi connectivity index (χ4n) is 2.19. The maximum absolute atomic E-state index is 10.5. The molecule has 3 aromatic rings. The van der Waals surface area contributed by atoms with Gasteiger partial charge in [-0.15, -0.1) is 0 Å². The summed E-state index contributed by atoms with van der Waals surface area (Å²) in [5.74, 6) is -0.135. The number of carboxylic acid groups (broad SMARTS) is 1. The van der Waals surface area contributed by atoms with Gasteiger partial charge in [-0.2, -0.15) is 12.6 Å². The van der Waals surface area contributed by atoms with Crippen molar-refractivity contribution < 1.29 is 14.6 Å². The standard InChI is InChI=1S/C12H10S.C10H12O3S/c1-3-7-11(8-4-1)13-12-9-5-2-6-10-12;1-13-8-4-2-7(3-5-8)6-9(14)10(11)12/h1-10H;2-5,9,14H,6H2,1H3,(H,11,12). The normalized spacial score (nSPS) is 11.0. The molecule has 0 saturated carbocycles. The molecule has 3 rings (SSSR count). The summed E-state index contributed by atoms with van der Waals surface area (Å²) < 4.78 is 4.99. The average Bonchev–Trinajstić information content (AvgIpc) is 2.70. The van der Waals surface area contributed by atoms with Gasteiger partial charge in [-0.1, -0.05) is 60.3 Å². The first-order valence-electron chi connectivity index (χ1n) is 8.40. The van der Waals surface area contributed by atoms with Gasteiger partial charge in [0.25, 0.3) is 0 Å². The number of hydrogen-bond acceptors (Lipinski definition) is 4. The summed E-state index contributed by atoms with van der Waals surface area (Å²) in [4.78, 5) is 13.1. The summed E-state index contributed by atoms with van der Waals surface area (Å²) in [7, 11) is 1.59. The summed E-state index contributed by atoms with van der Waals surface area (Å²) in [5.41, 5.74) is 0.938. The molecular formula is C22H22O3S2. The van der Waals surface area contributed by atoms with Gasteiger partial charge in [0.1, 0.15) is 11.0 Å². The Morgan fingerprint density at radius 2 is 1.41 bits per heavy atom. The quantitative estimate of drug-likeness (QED) is 0.541. The van der Waals surface area contributed by atoms with Crippen molar-refractivity contribution in [2.75, 3.05) is 7.11 Å². The number of carbonyl (C=O) groups is 1. The molecule has 140 valence electrons. The molecule has 1 atom stereocenters. The van der Waals surface area contributed by atoms with Crippen molar-refractivity contribution in [1.82, 2.24) is 0 Å². The van der Waals surface area contributed by atoms with E-state index in [2.05, 4.69) is 61.2 Å². The topological polar surface area (TPSA) is 46.5 Å². The van der Waals surface area contributed by atoms with E-state index in [0.29, 0.717) is 6.42 Å². The molecular weight excluding hydrogens is 376 g/mol. The van der Waals surface area contributed by atoms with Gasteiger partial charge in [-0.3, -0.25) is 4.79 Å². The highest BCUT2D eigenvalue weighted by Crippen LogP contribution is 2.26. The van der Waals surface area contributed by atoms with E-state index in [1.165, 1.54) is 9.79 Å². The lowest BCUT2D eigenvalue weighted by molar-refractivity contribution is -0.136. The molecule has 0 heterocycles. The summed E-state index contributed by atoms with van der Waals surface area (Å²) in [6.07, 6.45) is 0.419. The average molecular weight is 399 g/mol. The Labute approximate surface area is 169 Å². The van der Waals surface area contributed by atoms with Gasteiger partial charge in [0, 0.05) is 9.79 Å². The van der Waals surface area contributed by atoms with E-state index >= 15 is 0 Å². The molecule has 1 N–H and O–H groups in total. The minimum Gasteiger partial charge on any atom is -0.497 e. The van der Waals surface area contributed by atoms with Crippen LogP contribution in [0.25, 0.3) is 0 Å². The van der Waals surface area contributed by atoms with E-state index in [4.69, 9.17) is 9.84 Å². The molecule has 0 aliphatic heterocycles. The van der Waals surface area contributed by atoms with Crippen LogP contribution in [-0.4, -0.2) is 23.4 Å². The van der Waals surface area contributed by atoms with Crippen molar-refractivity contribution in [3.63, 3.8) is 0 Å². The first-order chi connectivity index (χ1) is 13.1. The van der Waals surface area contributed by atoms with Crippen LogP contribution in [-0.2, 0) is 11.2 Å². The van der Waals surface area contributed by atoms with Crippen molar-refractivity contribution in [3.8, 4) is 5.75 Å². The molecule has 27 heavy (non-hydrogen) atoms. The van der Waals surface area contributed by atoms with Crippen molar-refractivity contribution in [2.24, 2.45) is 0 Å². The van der Waals surface area contributed by atoms with Crippen LogP contribution in [0.2, 0.25) is 0 Å². The van der Waals surface area contributed by atoms with Crippen LogP contribution < -0.4 is 4.74 Å². The van der Waals surface area contributed by atoms with E-state index in [0.717, 1.165) is 11.3 Å². The number of aliphatic carboxylic acids is 1. The Kier molecular flexibility index (Phi) is 8.81. The molecule has 0 aliphatic carbocycles. The number of carboxylic acids is 1. The van der Waals surface area contributed by atoms with Crippen LogP contribution in [0, 0.1) is 0 Å². The molecule has 5 heteroatoms. The van der Waals surface area contributed by atoms with Gasteiger partial charge < -0.3 is 9.84 Å². The van der Waals surface area contributed by atoms with Gasteiger partial charge in [0.05, 0.1) is 7.11 Å². The first kappa shape index (κ1) is 20.9. The molecule has 0 spiro atoms. The van der Waals surface area contributed by atoms with Crippen LogP contribution in [0.1, 0.15) is 5.56 Å². The molecule has 0 aliphatic rings. The van der Waals surface area contributed by atoms with Gasteiger partial charge in [-0.25, -0.2) is 0 Å². The largest absolute Gasteiger partial charge is 0.497 e. The molecule has 0 bridgehead atoms. The second kappa shape index (κ2) is 11.4. The lowest BCUT2D eigenvalue weighted by atomic mass is 10.1. The van der Waals surface area contributed by atoms with E-state index < -0.39 is 11.2 Å². The van der Waals surface area contributed by atoms with E-state index in [1.807, 2.05) is 24.3 Å². The third-order valence-electron chi connectivity index (χ3n) is 3.60. The number of rotatable bonds is 6. The molecule has 3 aromatic carbocycles. The predicted octanol–water partition coefficient (Wildman–Crippen LogP) is 5.46. The summed E-state index contributed by atoms with van der Waals surface area (Å²) in [5, 5.41) is 7.99. The molecule has 0 radical (unpaired) electrons. The van der Waals surface area contributed by atoms with Gasteiger partial charge in [0.2, 0.25) is 0 Å². The van der Waals surface area contributed by atoms with Crippen molar-refractivity contribution >= 4 is 30.4 Å². The highest BCUT2D eigenvalue weighted by molar-refractivity contribution is 7.99. The van der Waals surface area contributed by atoms with Crippen molar-refractivity contribution in [3.05, 3.63) is 90.5 Å². The van der Waals surface area contributed by atoms with Gasteiger partial charge >= 0.3 is 5.97 Å². The predicted molar refractivity (Wildman–Crippen MR) is 114 cm³/mol. The summed E-state index contributed by atoms with van der Waals surface area (Å²) in [6.45, 7) is 0. The van der Waals surface area contributed by atoms with Crippen LogP contribution in [0.5, 0.6) is 5.75 Å². The molecule has 3 nitrogen and oxygen atoms in total. The van der Waals surface area contributed by atoms with Crippen LogP contribution in [0.15, 0.2) is 94.7 Å². The highest BCUT2D eigenvalue weighted by atomic mass is 32.2. The van der Waals surface area contributed by atoms with Crippen LogP contribution in [0.3, 0.4) is 0 Å². The van der Waals surface area contributed by atoms with Gasteiger partial charge in [0.15, 0.2) is 0 Å². The zero-order valence-electron chi connectivity index (χ0n) is 15.0. The maximum Gasteiger partial charge on any atom is 0.316 e. The maximum atomic E-state index is 10.5. The molecule has 0 aromatic heterocycles. The van der Waals surface area contributed by atoms with Crippen LogP contribution in [0.4, 0.5) is 0 Å². The fourth-order valence-corrected chi connectivity index (χ4v) is 3.25. The van der Waals surface area contributed by atoms with E-state index in [-0.39, 0.29) is 0 Å². The van der Waals surface area contributed by atoms with Gasteiger partial charge in [-0.05, 0) is 48.4 Å². The van der Waals surface area contributed by atoms with Crippen LogP contribution >= 0.6 is 24.4 Å². The highest BCUT2D eigenvalue weighted by Gasteiger charge is 2.12. The monoisotopic (exact) mass is 398 g/mol. The Morgan fingerprint density at radius 3 is 1.81 bits per heavy atom. The Balaban J connectivity index is 0.000000194. The number of ether oxygens (including phenoxy) is 1. The second-order valence-corrected chi connectivity index (χ2v) is 7.40. The number of thiol groups is 1. The summed E-state index contributed by atoms with van der Waals surface area (Å²) >= 11 is 5.74. The molecule has 0 saturated heterocycles. The lowest BCUT2D eigenvalue weighted by Crippen LogP contribution is -2.15. The number of methoxy groups -OCH3 is 1. The third kappa shape index (κ3) is 7.81. The molecule has 1 unspecified atom stereocenters. The number of hydrogen-bond donors (Lipinski definition) is 2. The minimum absolute atomic E-state index is 0.419. The zero-order chi connectivity index (χ0) is 19.5. The third-order valence-corrected chi connectivity index (χ3v) is 5.01. The first-order valence-corrected chi connectivity index (χ1v) is 9.73. The van der Waals surface area contributed by atoms with Crippen molar-refractivity contribution in [1.29, 1.82) is 0 Å². The SMILES string of the molecule is COc1ccc(CC(S)C(=O)O)cc1.c1ccc(Sc2ccccc2)cc1. The second-order valence-electron chi connectivity index (χ2n) is 5.63. The van der Waals surface area contributed by atoms with Crippen molar-refractivity contribution in [2.45, 2.75) is 21.5 Å². The Morgan fingerprint density at radius 1 is 0.926 bits per heavy atom. The zero-order valence-corrected chi connectivity index (χ0v) is 16.7.